The van der Waals surface area contributed by atoms with E-state index in [0.717, 1.165) is 25.7 Å². The van der Waals surface area contributed by atoms with Gasteiger partial charge in [0.1, 0.15) is 11.6 Å². The van der Waals surface area contributed by atoms with E-state index in [1.54, 1.807) is 0 Å². The summed E-state index contributed by atoms with van der Waals surface area (Å²) in [6, 6.07) is 2.60. The molecule has 0 bridgehead atoms. The SMILES string of the molecule is NCC1CCCCC1OCc1c(F)ccc(Br)c1F. The van der Waals surface area contributed by atoms with Crippen LogP contribution in [0.4, 0.5) is 8.78 Å². The number of nitrogens with two attached hydrogens (primary N) is 1. The average molecular weight is 334 g/mol. The zero-order valence-electron chi connectivity index (χ0n) is 10.7. The highest BCUT2D eigenvalue weighted by Crippen LogP contribution is 2.28. The molecule has 2 unspecified atom stereocenters. The van der Waals surface area contributed by atoms with E-state index >= 15 is 0 Å². The number of hydrogen-bond acceptors (Lipinski definition) is 2. The molecule has 0 saturated heterocycles. The quantitative estimate of drug-likeness (QED) is 0.851. The first-order valence-electron chi connectivity index (χ1n) is 6.57. The Balaban J connectivity index is 2.04. The fourth-order valence-corrected chi connectivity index (χ4v) is 2.93. The zero-order valence-corrected chi connectivity index (χ0v) is 12.3. The lowest BCUT2D eigenvalue weighted by molar-refractivity contribution is -0.0203. The van der Waals surface area contributed by atoms with Crippen molar-refractivity contribution < 1.29 is 13.5 Å². The third kappa shape index (κ3) is 3.52. The molecule has 2 atom stereocenters. The van der Waals surface area contributed by atoms with Crippen LogP contribution in [0.5, 0.6) is 0 Å². The predicted molar refractivity (Wildman–Crippen MR) is 73.6 cm³/mol. The number of halogens is 3. The van der Waals surface area contributed by atoms with Crippen LogP contribution in [0.1, 0.15) is 31.2 Å². The number of ether oxygens (including phenoxy) is 1. The minimum absolute atomic E-state index is 0.0107. The first-order chi connectivity index (χ1) is 9.13. The van der Waals surface area contributed by atoms with Crippen LogP contribution in [-0.4, -0.2) is 12.6 Å². The maximum absolute atomic E-state index is 13.8. The normalized spacial score (nSPS) is 23.6. The minimum Gasteiger partial charge on any atom is -0.373 e. The molecule has 1 aliphatic rings. The van der Waals surface area contributed by atoms with Gasteiger partial charge in [-0.15, -0.1) is 0 Å². The van der Waals surface area contributed by atoms with Gasteiger partial charge in [-0.2, -0.15) is 0 Å². The summed E-state index contributed by atoms with van der Waals surface area (Å²) in [5.41, 5.74) is 5.69. The Kier molecular flexibility index (Phi) is 5.30. The highest BCUT2D eigenvalue weighted by Gasteiger charge is 2.25. The molecular formula is C14H18BrF2NO. The van der Waals surface area contributed by atoms with Crippen LogP contribution in [0.25, 0.3) is 0 Å². The van der Waals surface area contributed by atoms with Crippen molar-refractivity contribution in [2.45, 2.75) is 38.4 Å². The number of benzene rings is 1. The summed E-state index contributed by atoms with van der Waals surface area (Å²) in [6.07, 6.45) is 4.20. The van der Waals surface area contributed by atoms with Crippen molar-refractivity contribution >= 4 is 15.9 Å². The molecule has 1 aromatic rings. The molecule has 2 rings (SSSR count). The Bertz CT molecular complexity index is 442. The van der Waals surface area contributed by atoms with Crippen LogP contribution in [0.2, 0.25) is 0 Å². The smallest absolute Gasteiger partial charge is 0.145 e. The van der Waals surface area contributed by atoms with E-state index < -0.39 is 11.6 Å². The number of rotatable bonds is 4. The van der Waals surface area contributed by atoms with Crippen molar-refractivity contribution in [2.75, 3.05) is 6.54 Å². The molecule has 0 spiro atoms. The molecule has 0 aliphatic heterocycles. The van der Waals surface area contributed by atoms with E-state index in [2.05, 4.69) is 15.9 Å². The van der Waals surface area contributed by atoms with Crippen molar-refractivity contribution in [3.05, 3.63) is 33.8 Å². The van der Waals surface area contributed by atoms with Gasteiger partial charge in [-0.25, -0.2) is 8.78 Å². The molecule has 2 nitrogen and oxygen atoms in total. The fourth-order valence-electron chi connectivity index (χ4n) is 2.55. The molecule has 1 aliphatic carbocycles. The maximum Gasteiger partial charge on any atom is 0.145 e. The van der Waals surface area contributed by atoms with Gasteiger partial charge in [-0.1, -0.05) is 12.8 Å². The van der Waals surface area contributed by atoms with Crippen molar-refractivity contribution in [3.8, 4) is 0 Å². The van der Waals surface area contributed by atoms with E-state index in [1.807, 2.05) is 0 Å². The van der Waals surface area contributed by atoms with Crippen LogP contribution < -0.4 is 5.73 Å². The topological polar surface area (TPSA) is 35.2 Å². The molecule has 2 N–H and O–H groups in total. The second kappa shape index (κ2) is 6.77. The van der Waals surface area contributed by atoms with E-state index in [0.29, 0.717) is 12.5 Å². The summed E-state index contributed by atoms with van der Waals surface area (Å²) < 4.78 is 33.4. The second-order valence-corrected chi connectivity index (χ2v) is 5.81. The monoisotopic (exact) mass is 333 g/mol. The Morgan fingerprint density at radius 1 is 1.26 bits per heavy atom. The summed E-state index contributed by atoms with van der Waals surface area (Å²) in [6.45, 7) is 0.520. The van der Waals surface area contributed by atoms with E-state index in [9.17, 15) is 8.78 Å². The molecule has 0 amide bonds. The lowest BCUT2D eigenvalue weighted by Gasteiger charge is -2.30. The van der Waals surface area contributed by atoms with Gasteiger partial charge in [0.2, 0.25) is 0 Å². The predicted octanol–water partition coefficient (Wildman–Crippen LogP) is 3.76. The Morgan fingerprint density at radius 3 is 2.74 bits per heavy atom. The van der Waals surface area contributed by atoms with Gasteiger partial charge in [-0.3, -0.25) is 0 Å². The molecule has 0 heterocycles. The van der Waals surface area contributed by atoms with Crippen LogP contribution in [-0.2, 0) is 11.3 Å². The molecule has 0 radical (unpaired) electrons. The molecule has 19 heavy (non-hydrogen) atoms. The summed E-state index contributed by atoms with van der Waals surface area (Å²) in [7, 11) is 0. The maximum atomic E-state index is 13.8. The summed E-state index contributed by atoms with van der Waals surface area (Å²) in [4.78, 5) is 0. The zero-order chi connectivity index (χ0) is 13.8. The van der Waals surface area contributed by atoms with Gasteiger partial charge in [0, 0.05) is 0 Å². The van der Waals surface area contributed by atoms with Crippen LogP contribution >= 0.6 is 15.9 Å². The highest BCUT2D eigenvalue weighted by atomic mass is 79.9. The van der Waals surface area contributed by atoms with Crippen molar-refractivity contribution in [2.24, 2.45) is 11.7 Å². The van der Waals surface area contributed by atoms with Crippen LogP contribution in [0, 0.1) is 17.6 Å². The molecule has 106 valence electrons. The average Bonchev–Trinajstić information content (AvgIpc) is 2.43. The van der Waals surface area contributed by atoms with Gasteiger partial charge in [0.15, 0.2) is 0 Å². The van der Waals surface area contributed by atoms with Gasteiger partial charge in [-0.05, 0) is 53.4 Å². The van der Waals surface area contributed by atoms with Crippen molar-refractivity contribution in [1.29, 1.82) is 0 Å². The van der Waals surface area contributed by atoms with E-state index in [4.69, 9.17) is 10.5 Å². The van der Waals surface area contributed by atoms with E-state index in [-0.39, 0.29) is 22.7 Å². The lowest BCUT2D eigenvalue weighted by atomic mass is 9.86. The van der Waals surface area contributed by atoms with Gasteiger partial charge >= 0.3 is 0 Å². The standard InChI is InChI=1S/C14H18BrF2NO/c15-11-5-6-12(16)10(14(11)17)8-19-13-4-2-1-3-9(13)7-18/h5-6,9,13H,1-4,7-8,18H2. The first-order valence-corrected chi connectivity index (χ1v) is 7.36. The van der Waals surface area contributed by atoms with Gasteiger partial charge in [0.25, 0.3) is 0 Å². The summed E-state index contributed by atoms with van der Waals surface area (Å²) >= 11 is 3.05. The third-order valence-corrected chi connectivity index (χ3v) is 4.34. The molecular weight excluding hydrogens is 316 g/mol. The minimum atomic E-state index is -0.583. The molecule has 1 fully saturated rings. The van der Waals surface area contributed by atoms with Gasteiger partial charge in [0.05, 0.1) is 22.7 Å². The second-order valence-electron chi connectivity index (χ2n) is 4.95. The Hall–Kier alpha value is -0.520. The largest absolute Gasteiger partial charge is 0.373 e. The summed E-state index contributed by atoms with van der Waals surface area (Å²) in [5.74, 6) is -0.854. The van der Waals surface area contributed by atoms with Gasteiger partial charge < -0.3 is 10.5 Å². The van der Waals surface area contributed by atoms with Crippen LogP contribution in [0.15, 0.2) is 16.6 Å². The third-order valence-electron chi connectivity index (χ3n) is 3.72. The van der Waals surface area contributed by atoms with Crippen molar-refractivity contribution in [3.63, 3.8) is 0 Å². The molecule has 1 aromatic carbocycles. The van der Waals surface area contributed by atoms with Crippen LogP contribution in [0.3, 0.4) is 0 Å². The number of hydrogen-bond donors (Lipinski definition) is 1. The van der Waals surface area contributed by atoms with E-state index in [1.165, 1.54) is 12.1 Å². The fraction of sp³-hybridized carbons (Fsp3) is 0.571. The molecule has 0 aromatic heterocycles. The molecule has 1 saturated carbocycles. The molecule has 5 heteroatoms. The Labute approximate surface area is 120 Å². The summed E-state index contributed by atoms with van der Waals surface area (Å²) in [5, 5.41) is 0. The lowest BCUT2D eigenvalue weighted by Crippen LogP contribution is -2.33. The van der Waals surface area contributed by atoms with Crippen molar-refractivity contribution in [1.82, 2.24) is 0 Å². The Morgan fingerprint density at radius 2 is 2.00 bits per heavy atom. The first kappa shape index (κ1) is 14.9. The highest BCUT2D eigenvalue weighted by molar-refractivity contribution is 9.10.